The van der Waals surface area contributed by atoms with E-state index in [0.29, 0.717) is 12.5 Å². The van der Waals surface area contributed by atoms with E-state index >= 15 is 0 Å². The van der Waals surface area contributed by atoms with Crippen molar-refractivity contribution >= 4 is 17.7 Å². The van der Waals surface area contributed by atoms with Crippen molar-refractivity contribution in [2.24, 2.45) is 5.92 Å². The Labute approximate surface area is 103 Å². The third-order valence-electron chi connectivity index (χ3n) is 2.98. The van der Waals surface area contributed by atoms with Crippen LogP contribution < -0.4 is 5.32 Å². The van der Waals surface area contributed by atoms with Gasteiger partial charge in [-0.2, -0.15) is 11.8 Å². The van der Waals surface area contributed by atoms with E-state index in [-0.39, 0.29) is 5.97 Å². The molecule has 0 aromatic carbocycles. The highest BCUT2D eigenvalue weighted by molar-refractivity contribution is 7.98. The molecule has 94 valence electrons. The summed E-state index contributed by atoms with van der Waals surface area (Å²) in [4.78, 5) is 12.1. The van der Waals surface area contributed by atoms with E-state index in [0.717, 1.165) is 31.6 Å². The summed E-state index contributed by atoms with van der Waals surface area (Å²) < 4.78 is 5.24. The van der Waals surface area contributed by atoms with E-state index < -0.39 is 5.54 Å². The summed E-state index contributed by atoms with van der Waals surface area (Å²) in [7, 11) is 0. The molecule has 1 aliphatic rings. The number of thioether (sulfide) groups is 1. The minimum absolute atomic E-state index is 0.0553. The van der Waals surface area contributed by atoms with Gasteiger partial charge in [0.05, 0.1) is 6.61 Å². The summed E-state index contributed by atoms with van der Waals surface area (Å²) in [5, 5.41) is 3.44. The van der Waals surface area contributed by atoms with Crippen LogP contribution in [0.4, 0.5) is 0 Å². The van der Waals surface area contributed by atoms with Gasteiger partial charge in [0, 0.05) is 5.75 Å². The van der Waals surface area contributed by atoms with Crippen LogP contribution in [-0.4, -0.2) is 36.7 Å². The Kier molecular flexibility index (Phi) is 5.62. The Morgan fingerprint density at radius 3 is 2.62 bits per heavy atom. The van der Waals surface area contributed by atoms with Crippen molar-refractivity contribution in [2.75, 3.05) is 25.2 Å². The lowest BCUT2D eigenvalue weighted by Crippen LogP contribution is -2.57. The molecule has 4 heteroatoms. The zero-order valence-corrected chi connectivity index (χ0v) is 11.4. The minimum Gasteiger partial charge on any atom is -0.465 e. The van der Waals surface area contributed by atoms with Crippen LogP contribution in [0, 0.1) is 5.92 Å². The van der Waals surface area contributed by atoms with Crippen LogP contribution >= 0.6 is 11.8 Å². The molecular weight excluding hydrogens is 222 g/mol. The third kappa shape index (κ3) is 3.14. The predicted molar refractivity (Wildman–Crippen MR) is 68.8 cm³/mol. The van der Waals surface area contributed by atoms with Crippen LogP contribution in [0.3, 0.4) is 0 Å². The molecule has 1 aliphatic carbocycles. The van der Waals surface area contributed by atoms with E-state index in [9.17, 15) is 4.79 Å². The monoisotopic (exact) mass is 245 g/mol. The first-order valence-corrected chi connectivity index (χ1v) is 7.51. The minimum atomic E-state index is -0.425. The van der Waals surface area contributed by atoms with E-state index in [1.54, 1.807) is 11.8 Å². The maximum Gasteiger partial charge on any atom is 0.327 e. The molecule has 3 nitrogen and oxygen atoms in total. The lowest BCUT2D eigenvalue weighted by molar-refractivity contribution is -0.151. The molecule has 0 aromatic heterocycles. The van der Waals surface area contributed by atoms with Gasteiger partial charge in [0.2, 0.25) is 0 Å². The number of hydrogen-bond acceptors (Lipinski definition) is 4. The maximum absolute atomic E-state index is 12.1. The lowest BCUT2D eigenvalue weighted by atomic mass is 9.95. The normalized spacial score (nSPS) is 19.2. The van der Waals surface area contributed by atoms with Crippen LogP contribution in [0.25, 0.3) is 0 Å². The number of esters is 1. The van der Waals surface area contributed by atoms with Crippen LogP contribution in [0.2, 0.25) is 0 Å². The molecule has 0 aliphatic heterocycles. The van der Waals surface area contributed by atoms with Crippen molar-refractivity contribution in [3.05, 3.63) is 0 Å². The number of carbonyl (C=O) groups excluding carboxylic acids is 1. The third-order valence-corrected chi connectivity index (χ3v) is 3.72. The number of ether oxygens (including phenoxy) is 1. The van der Waals surface area contributed by atoms with Crippen LogP contribution in [0.15, 0.2) is 0 Å². The Hall–Kier alpha value is -0.220. The molecule has 0 radical (unpaired) electrons. The van der Waals surface area contributed by atoms with Gasteiger partial charge < -0.3 is 10.1 Å². The highest BCUT2D eigenvalue weighted by atomic mass is 32.2. The van der Waals surface area contributed by atoms with Gasteiger partial charge in [-0.15, -0.1) is 0 Å². The first-order chi connectivity index (χ1) is 7.71. The molecule has 16 heavy (non-hydrogen) atoms. The summed E-state index contributed by atoms with van der Waals surface area (Å²) in [5.41, 5.74) is -0.425. The highest BCUT2D eigenvalue weighted by Crippen LogP contribution is 2.42. The Morgan fingerprint density at radius 1 is 1.50 bits per heavy atom. The zero-order valence-electron chi connectivity index (χ0n) is 10.5. The van der Waals surface area contributed by atoms with E-state index in [2.05, 4.69) is 12.2 Å². The summed E-state index contributed by atoms with van der Waals surface area (Å²) in [5.74, 6) is 1.24. The zero-order chi connectivity index (χ0) is 12.0. The molecule has 0 heterocycles. The van der Waals surface area contributed by atoms with Gasteiger partial charge >= 0.3 is 5.97 Å². The van der Waals surface area contributed by atoms with Crippen molar-refractivity contribution in [1.82, 2.24) is 5.32 Å². The van der Waals surface area contributed by atoms with Gasteiger partial charge in [-0.3, -0.25) is 4.79 Å². The Bertz CT molecular complexity index is 231. The molecule has 1 unspecified atom stereocenters. The second-order valence-electron chi connectivity index (χ2n) is 4.33. The summed E-state index contributed by atoms with van der Waals surface area (Å²) in [6.07, 6.45) is 5.39. The first-order valence-electron chi connectivity index (χ1n) is 6.12. The molecular formula is C12H23NO2S. The quantitative estimate of drug-likeness (QED) is 0.664. The number of carbonyl (C=O) groups is 1. The average molecular weight is 245 g/mol. The van der Waals surface area contributed by atoms with Gasteiger partial charge in [0.25, 0.3) is 0 Å². The van der Waals surface area contributed by atoms with Crippen molar-refractivity contribution in [3.63, 3.8) is 0 Å². The highest BCUT2D eigenvalue weighted by Gasteiger charge is 2.51. The SMILES string of the molecule is CCCNC(CSC)(C(=O)OCC)C1CC1. The Morgan fingerprint density at radius 2 is 2.19 bits per heavy atom. The second-order valence-corrected chi connectivity index (χ2v) is 5.19. The summed E-state index contributed by atoms with van der Waals surface area (Å²) >= 11 is 1.72. The van der Waals surface area contributed by atoms with E-state index in [1.807, 2.05) is 13.2 Å². The fourth-order valence-corrected chi connectivity index (χ4v) is 2.93. The summed E-state index contributed by atoms with van der Waals surface area (Å²) in [6.45, 7) is 5.34. The smallest absolute Gasteiger partial charge is 0.327 e. The Balaban J connectivity index is 2.73. The lowest BCUT2D eigenvalue weighted by Gasteiger charge is -2.32. The van der Waals surface area contributed by atoms with Crippen molar-refractivity contribution in [2.45, 2.75) is 38.6 Å². The maximum atomic E-state index is 12.1. The van der Waals surface area contributed by atoms with Gasteiger partial charge in [-0.05, 0) is 44.9 Å². The molecule has 0 bridgehead atoms. The van der Waals surface area contributed by atoms with Crippen LogP contribution in [0.5, 0.6) is 0 Å². The van der Waals surface area contributed by atoms with E-state index in [1.165, 1.54) is 0 Å². The second kappa shape index (κ2) is 6.50. The molecule has 1 fully saturated rings. The molecule has 1 atom stereocenters. The number of rotatable bonds is 8. The molecule has 1 rings (SSSR count). The number of nitrogens with one attached hydrogen (secondary N) is 1. The van der Waals surface area contributed by atoms with Crippen LogP contribution in [-0.2, 0) is 9.53 Å². The standard InChI is InChI=1S/C12H23NO2S/c1-4-8-13-12(9-16-3,10-6-7-10)11(14)15-5-2/h10,13H,4-9H2,1-3H3. The number of hydrogen-bond donors (Lipinski definition) is 1. The van der Waals surface area contributed by atoms with Gasteiger partial charge in [-0.1, -0.05) is 6.92 Å². The molecule has 0 aromatic rings. The van der Waals surface area contributed by atoms with Gasteiger partial charge in [-0.25, -0.2) is 0 Å². The molecule has 0 saturated heterocycles. The molecule has 0 spiro atoms. The molecule has 1 saturated carbocycles. The van der Waals surface area contributed by atoms with Gasteiger partial charge in [0.15, 0.2) is 0 Å². The van der Waals surface area contributed by atoms with Gasteiger partial charge in [0.1, 0.15) is 5.54 Å². The van der Waals surface area contributed by atoms with E-state index in [4.69, 9.17) is 4.74 Å². The fraction of sp³-hybridized carbons (Fsp3) is 0.917. The van der Waals surface area contributed by atoms with Crippen molar-refractivity contribution < 1.29 is 9.53 Å². The average Bonchev–Trinajstić information content (AvgIpc) is 3.08. The topological polar surface area (TPSA) is 38.3 Å². The van der Waals surface area contributed by atoms with Crippen LogP contribution in [0.1, 0.15) is 33.1 Å². The predicted octanol–water partition coefficient (Wildman–Crippen LogP) is 2.06. The fourth-order valence-electron chi connectivity index (χ4n) is 2.02. The summed E-state index contributed by atoms with van der Waals surface area (Å²) in [6, 6.07) is 0. The first kappa shape index (κ1) is 13.8. The van der Waals surface area contributed by atoms with Crippen molar-refractivity contribution in [3.8, 4) is 0 Å². The van der Waals surface area contributed by atoms with Crippen molar-refractivity contribution in [1.29, 1.82) is 0 Å². The largest absolute Gasteiger partial charge is 0.465 e. The molecule has 1 N–H and O–H groups in total. The molecule has 0 amide bonds.